The van der Waals surface area contributed by atoms with Crippen molar-refractivity contribution in [2.75, 3.05) is 19.6 Å². The summed E-state index contributed by atoms with van der Waals surface area (Å²) in [5.41, 5.74) is 3.79. The van der Waals surface area contributed by atoms with Crippen molar-refractivity contribution in [2.45, 2.75) is 13.0 Å². The number of aromatic nitrogens is 2. The number of hydrogen-bond acceptors (Lipinski definition) is 3. The summed E-state index contributed by atoms with van der Waals surface area (Å²) in [6, 6.07) is 16.4. The molecule has 2 aliphatic rings. The fraction of sp³-hybridized carbons (Fsp3) is 0.333. The summed E-state index contributed by atoms with van der Waals surface area (Å²) >= 11 is 0. The molecule has 1 aromatic heterocycles. The zero-order valence-electron chi connectivity index (χ0n) is 15.6. The summed E-state index contributed by atoms with van der Waals surface area (Å²) in [6.45, 7) is 4.72. The molecule has 2 aromatic carbocycles. The molecule has 5 nitrogen and oxygen atoms in total. The number of nitrogens with one attached hydrogen (secondary N) is 2. The number of aromatic amines is 1. The molecule has 2 fully saturated rings. The molecule has 2 N–H and O–H groups in total. The maximum atomic E-state index is 13.4. The molecule has 2 aliphatic heterocycles. The molecule has 0 unspecified atom stereocenters. The maximum Gasteiger partial charge on any atom is 0.254 e. The summed E-state index contributed by atoms with van der Waals surface area (Å²) < 4.78 is 0. The lowest BCUT2D eigenvalue weighted by Gasteiger charge is -2.28. The van der Waals surface area contributed by atoms with E-state index in [-0.39, 0.29) is 36.8 Å². The van der Waals surface area contributed by atoms with Crippen molar-refractivity contribution in [1.82, 2.24) is 20.2 Å². The molecule has 28 heavy (non-hydrogen) atoms. The highest BCUT2D eigenvalue weighted by molar-refractivity contribution is 5.97. The molecular weight excluding hydrogens is 395 g/mol. The van der Waals surface area contributed by atoms with E-state index in [1.165, 1.54) is 5.56 Å². The van der Waals surface area contributed by atoms with E-state index < -0.39 is 0 Å². The van der Waals surface area contributed by atoms with Crippen LogP contribution in [-0.4, -0.2) is 40.4 Å². The van der Waals surface area contributed by atoms with Gasteiger partial charge in [-0.2, -0.15) is 0 Å². The SMILES string of the molecule is Cc1nc2ccc(C(=O)N3C[C@@H]4CNC[C@@H]4[C@@H]3c3ccccc3)cc2[nH]1.Cl.Cl. The van der Waals surface area contributed by atoms with Crippen molar-refractivity contribution in [3.63, 3.8) is 0 Å². The van der Waals surface area contributed by atoms with Crippen LogP contribution in [0.3, 0.4) is 0 Å². The van der Waals surface area contributed by atoms with Crippen LogP contribution in [0.15, 0.2) is 48.5 Å². The molecule has 3 heterocycles. The molecule has 0 radical (unpaired) electrons. The first-order chi connectivity index (χ1) is 12.7. The van der Waals surface area contributed by atoms with Gasteiger partial charge in [-0.25, -0.2) is 4.98 Å². The van der Waals surface area contributed by atoms with E-state index in [0.717, 1.165) is 42.1 Å². The van der Waals surface area contributed by atoms with Crippen molar-refractivity contribution < 1.29 is 4.79 Å². The number of nitrogens with zero attached hydrogens (tertiary/aromatic N) is 2. The van der Waals surface area contributed by atoms with Crippen molar-refractivity contribution in [3.8, 4) is 0 Å². The van der Waals surface area contributed by atoms with Gasteiger partial charge in [0.1, 0.15) is 5.82 Å². The number of H-pyrrole nitrogens is 1. The Hall–Kier alpha value is -2.08. The minimum Gasteiger partial charge on any atom is -0.342 e. The van der Waals surface area contributed by atoms with Gasteiger partial charge >= 0.3 is 0 Å². The van der Waals surface area contributed by atoms with Crippen molar-refractivity contribution >= 4 is 41.8 Å². The van der Waals surface area contributed by atoms with E-state index in [9.17, 15) is 4.79 Å². The molecule has 0 spiro atoms. The van der Waals surface area contributed by atoms with Gasteiger partial charge < -0.3 is 15.2 Å². The molecule has 0 aliphatic carbocycles. The average Bonchev–Trinajstić information content (AvgIpc) is 3.33. The van der Waals surface area contributed by atoms with Crippen LogP contribution in [0, 0.1) is 18.8 Å². The highest BCUT2D eigenvalue weighted by atomic mass is 35.5. The highest BCUT2D eigenvalue weighted by Gasteiger charge is 2.46. The predicted octanol–water partition coefficient (Wildman–Crippen LogP) is 3.75. The number of imidazole rings is 1. The van der Waals surface area contributed by atoms with E-state index >= 15 is 0 Å². The Morgan fingerprint density at radius 3 is 2.68 bits per heavy atom. The molecule has 5 rings (SSSR count). The van der Waals surface area contributed by atoms with Gasteiger partial charge in [0.05, 0.1) is 17.1 Å². The molecule has 7 heteroatoms. The Balaban J connectivity index is 0.00000112. The number of carbonyl (C=O) groups excluding carboxylic acids is 1. The van der Waals surface area contributed by atoms with Crippen molar-refractivity contribution in [2.24, 2.45) is 11.8 Å². The third kappa shape index (κ3) is 3.39. The Kier molecular flexibility index (Phi) is 5.98. The third-order valence-corrected chi connectivity index (χ3v) is 5.81. The first-order valence-electron chi connectivity index (χ1n) is 9.24. The number of carbonyl (C=O) groups is 1. The summed E-state index contributed by atoms with van der Waals surface area (Å²) in [7, 11) is 0. The van der Waals surface area contributed by atoms with Gasteiger partial charge in [0.15, 0.2) is 0 Å². The molecule has 3 aromatic rings. The van der Waals surface area contributed by atoms with Gasteiger partial charge in [-0.15, -0.1) is 24.8 Å². The minimum atomic E-state index is 0. The van der Waals surface area contributed by atoms with E-state index in [2.05, 4.69) is 44.5 Å². The second kappa shape index (κ2) is 8.11. The van der Waals surface area contributed by atoms with Crippen LogP contribution in [0.5, 0.6) is 0 Å². The van der Waals surface area contributed by atoms with Gasteiger partial charge in [0.25, 0.3) is 5.91 Å². The molecule has 3 atom stereocenters. The molecule has 2 saturated heterocycles. The second-order valence-corrected chi connectivity index (χ2v) is 7.45. The van der Waals surface area contributed by atoms with E-state index in [1.54, 1.807) is 0 Å². The quantitative estimate of drug-likeness (QED) is 0.665. The minimum absolute atomic E-state index is 0. The number of benzene rings is 2. The lowest BCUT2D eigenvalue weighted by Crippen LogP contribution is -2.34. The van der Waals surface area contributed by atoms with Gasteiger partial charge in [-0.3, -0.25) is 4.79 Å². The molecular formula is C21H24Cl2N4O. The van der Waals surface area contributed by atoms with Crippen LogP contribution in [0.1, 0.15) is 27.8 Å². The number of halogens is 2. The topological polar surface area (TPSA) is 61.0 Å². The summed E-state index contributed by atoms with van der Waals surface area (Å²) in [6.07, 6.45) is 0. The van der Waals surface area contributed by atoms with Crippen molar-refractivity contribution in [1.29, 1.82) is 0 Å². The normalized spacial score (nSPS) is 23.2. The number of hydrogen-bond donors (Lipinski definition) is 2. The third-order valence-electron chi connectivity index (χ3n) is 5.81. The van der Waals surface area contributed by atoms with Crippen molar-refractivity contribution in [3.05, 3.63) is 65.5 Å². The molecule has 0 bridgehead atoms. The van der Waals surface area contributed by atoms with E-state index in [0.29, 0.717) is 11.8 Å². The highest BCUT2D eigenvalue weighted by Crippen LogP contribution is 2.43. The van der Waals surface area contributed by atoms with Crippen LogP contribution >= 0.6 is 24.8 Å². The summed E-state index contributed by atoms with van der Waals surface area (Å²) in [5, 5.41) is 3.50. The fourth-order valence-corrected chi connectivity index (χ4v) is 4.64. The van der Waals surface area contributed by atoms with Gasteiger partial charge in [-0.05, 0) is 36.6 Å². The van der Waals surface area contributed by atoms with E-state index in [4.69, 9.17) is 0 Å². The Morgan fingerprint density at radius 1 is 1.11 bits per heavy atom. The first-order valence-corrected chi connectivity index (χ1v) is 9.24. The largest absolute Gasteiger partial charge is 0.342 e. The standard InChI is InChI=1S/C21H22N4O.2ClH/c1-13-23-18-8-7-15(9-19(18)24-13)21(26)25-12-16-10-22-11-17(16)20(25)14-5-3-2-4-6-14;;/h2-9,16-17,20,22H,10-12H2,1H3,(H,23,24);2*1H/t16-,17-,20-;;/m0../s1. The van der Waals surface area contributed by atoms with Crippen LogP contribution in [0.25, 0.3) is 11.0 Å². The molecule has 148 valence electrons. The molecule has 1 amide bonds. The molecule has 0 saturated carbocycles. The van der Waals surface area contributed by atoms with Gasteiger partial charge in [0, 0.05) is 31.1 Å². The smallest absolute Gasteiger partial charge is 0.254 e. The zero-order valence-corrected chi connectivity index (χ0v) is 17.2. The number of rotatable bonds is 2. The number of aryl methyl sites for hydroxylation is 1. The summed E-state index contributed by atoms with van der Waals surface area (Å²) in [5.74, 6) is 2.00. The van der Waals surface area contributed by atoms with Gasteiger partial charge in [0.2, 0.25) is 0 Å². The Labute approximate surface area is 176 Å². The number of fused-ring (bicyclic) bond motifs is 2. The monoisotopic (exact) mass is 418 g/mol. The first kappa shape index (κ1) is 20.6. The van der Waals surface area contributed by atoms with E-state index in [1.807, 2.05) is 31.2 Å². The lowest BCUT2D eigenvalue weighted by molar-refractivity contribution is 0.0714. The zero-order chi connectivity index (χ0) is 17.7. The average molecular weight is 419 g/mol. The number of amides is 1. The Bertz CT molecular complexity index is 975. The Morgan fingerprint density at radius 2 is 1.89 bits per heavy atom. The van der Waals surface area contributed by atoms with Crippen LogP contribution in [-0.2, 0) is 0 Å². The van der Waals surface area contributed by atoms with Gasteiger partial charge in [-0.1, -0.05) is 30.3 Å². The fourth-order valence-electron chi connectivity index (χ4n) is 4.64. The summed E-state index contributed by atoms with van der Waals surface area (Å²) in [4.78, 5) is 23.1. The lowest BCUT2D eigenvalue weighted by atomic mass is 9.89. The number of likely N-dealkylation sites (tertiary alicyclic amines) is 1. The second-order valence-electron chi connectivity index (χ2n) is 7.45. The van der Waals surface area contributed by atoms with Crippen LogP contribution in [0.4, 0.5) is 0 Å². The van der Waals surface area contributed by atoms with Crippen LogP contribution < -0.4 is 5.32 Å². The predicted molar refractivity (Wildman–Crippen MR) is 115 cm³/mol. The maximum absolute atomic E-state index is 13.4. The van der Waals surface area contributed by atoms with Crippen LogP contribution in [0.2, 0.25) is 0 Å².